The van der Waals surface area contributed by atoms with Crippen LogP contribution in [0.1, 0.15) is 6.92 Å². The van der Waals surface area contributed by atoms with Crippen LogP contribution in [0, 0.1) is 0 Å². The molecule has 0 aliphatic heterocycles. The molecule has 6 heteroatoms. The van der Waals surface area contributed by atoms with Crippen molar-refractivity contribution in [3.05, 3.63) is 0 Å². The summed E-state index contributed by atoms with van der Waals surface area (Å²) in [7, 11) is 0. The van der Waals surface area contributed by atoms with E-state index in [0.29, 0.717) is 0 Å². The van der Waals surface area contributed by atoms with Crippen molar-refractivity contribution in [2.75, 3.05) is 6.61 Å². The normalized spacial score (nSPS) is 14.9. The van der Waals surface area contributed by atoms with E-state index < -0.39 is 17.5 Å². The molecule has 0 spiro atoms. The van der Waals surface area contributed by atoms with Crippen molar-refractivity contribution in [2.45, 2.75) is 17.7 Å². The Labute approximate surface area is 78.3 Å². The monoisotopic (exact) mass is 363 g/mol. The average Bonchev–Trinajstić information content (AvgIpc) is 1.89. The second kappa shape index (κ2) is 9.91. The molecule has 0 amide bonds. The quantitative estimate of drug-likeness (QED) is 0.536. The van der Waals surface area contributed by atoms with Crippen LogP contribution in [-0.4, -0.2) is 51.3 Å². The van der Waals surface area contributed by atoms with Crippen molar-refractivity contribution in [2.24, 2.45) is 0 Å². The first-order valence-corrected chi connectivity index (χ1v) is 6.96. The van der Waals surface area contributed by atoms with E-state index in [1.807, 2.05) is 0 Å². The van der Waals surface area contributed by atoms with Gasteiger partial charge in [-0.25, -0.2) is 4.21 Å². The van der Waals surface area contributed by atoms with Crippen molar-refractivity contribution < 1.29 is 18.1 Å². The fraction of sp³-hybridized carbons (Fsp3) is 1.00. The van der Waals surface area contributed by atoms with Gasteiger partial charge >= 0.3 is 29.4 Å². The predicted molar refractivity (Wildman–Crippen MR) is 38.2 cm³/mol. The first kappa shape index (κ1) is 13.5. The number of aliphatic hydroxyl groups is 1. The van der Waals surface area contributed by atoms with E-state index in [1.54, 1.807) is 0 Å². The molecule has 0 aliphatic rings. The van der Waals surface area contributed by atoms with Crippen LogP contribution in [-0.2, 0) is 15.5 Å². The van der Waals surface area contributed by atoms with Gasteiger partial charge in [-0.15, -0.1) is 0 Å². The molecule has 2 unspecified atom stereocenters. The van der Waals surface area contributed by atoms with Gasteiger partial charge in [0.05, 0.1) is 24.1 Å². The maximum atomic E-state index is 9.57. The first-order valence-electron chi connectivity index (χ1n) is 2.48. The Morgan fingerprint density at radius 1 is 1.80 bits per heavy atom. The molecule has 4 nitrogen and oxygen atoms in total. The summed E-state index contributed by atoms with van der Waals surface area (Å²) in [5.41, 5.74) is 0. The maximum absolute atomic E-state index is 9.57. The van der Waals surface area contributed by atoms with Crippen molar-refractivity contribution in [1.82, 2.24) is 0 Å². The molecule has 0 rings (SSSR count). The van der Waals surface area contributed by atoms with Crippen LogP contribution >= 0.6 is 0 Å². The van der Waals surface area contributed by atoms with Crippen molar-refractivity contribution >= 4 is 36.1 Å². The van der Waals surface area contributed by atoms with E-state index in [2.05, 4.69) is 8.81 Å². The predicted octanol–water partition coefficient (Wildman–Crippen LogP) is -0.619. The van der Waals surface area contributed by atoms with Gasteiger partial charge in [-0.3, -0.25) is 4.18 Å². The van der Waals surface area contributed by atoms with Gasteiger partial charge in [-0.05, 0) is 6.92 Å². The molecule has 61 valence electrons. The Hall–Kier alpha value is 0.913. The minimum absolute atomic E-state index is 0.171. The second-order valence-electron chi connectivity index (χ2n) is 1.34. The fourth-order valence-electron chi connectivity index (χ4n) is 0.154. The summed E-state index contributed by atoms with van der Waals surface area (Å²) in [5.74, 6) is 0. The molecule has 0 saturated heterocycles. The minimum atomic E-state index is -2.50. The van der Waals surface area contributed by atoms with E-state index >= 15 is 0 Å². The second-order valence-corrected chi connectivity index (χ2v) is 1.98. The Morgan fingerprint density at radius 3 is 2.30 bits per heavy atom. The topological polar surface area (TPSA) is 69.6 Å². The molecule has 3 radical (unpaired) electrons. The summed E-state index contributed by atoms with van der Waals surface area (Å²) in [5, 5.41) is 8.40. The molecule has 0 saturated carbocycles. The summed E-state index contributed by atoms with van der Waals surface area (Å²) in [6, 6.07) is 0. The van der Waals surface area contributed by atoms with E-state index in [1.165, 1.54) is 31.6 Å². The Balaban J connectivity index is 0. The Kier molecular flexibility index (Phi) is 13.4. The third-order valence-corrected chi connectivity index (χ3v) is 0.734. The van der Waals surface area contributed by atoms with E-state index in [0.717, 1.165) is 0 Å². The van der Waals surface area contributed by atoms with Crippen LogP contribution in [0.25, 0.3) is 0 Å². The fourth-order valence-corrected chi connectivity index (χ4v) is 0.462. The molecular weight excluding hydrogens is 353 g/mol. The third-order valence-electron chi connectivity index (χ3n) is 0.405. The number of hydrogen-bond acceptors (Lipinski definition) is 4. The molecule has 0 bridgehead atoms. The van der Waals surface area contributed by atoms with Gasteiger partial charge in [0.25, 0.3) is 0 Å². The summed E-state index contributed by atoms with van der Waals surface area (Å²) in [6.45, 7) is 1.27. The van der Waals surface area contributed by atoms with Gasteiger partial charge in [0.15, 0.2) is 0 Å². The SMILES string of the molecule is CC(O)COS(=O)[O-].[CH3][Bi+]. The van der Waals surface area contributed by atoms with Crippen LogP contribution in [0.15, 0.2) is 0 Å². The van der Waals surface area contributed by atoms with E-state index in [9.17, 15) is 8.76 Å². The number of hydrogen-bond donors (Lipinski definition) is 1. The molecule has 0 aromatic rings. The van der Waals surface area contributed by atoms with E-state index in [-0.39, 0.29) is 6.61 Å². The molecule has 0 fully saturated rings. The molecule has 0 aliphatic carbocycles. The number of rotatable bonds is 3. The zero-order chi connectivity index (χ0) is 8.57. The molecule has 10 heavy (non-hydrogen) atoms. The van der Waals surface area contributed by atoms with Gasteiger partial charge < -0.3 is 9.66 Å². The van der Waals surface area contributed by atoms with E-state index in [4.69, 9.17) is 5.11 Å². The average molecular weight is 363 g/mol. The molecule has 0 aromatic heterocycles. The van der Waals surface area contributed by atoms with Crippen molar-refractivity contribution in [1.29, 1.82) is 0 Å². The standard InChI is InChI=1S/C3H8O4S.CH3.Bi/c1-3(4)2-7-8(5)6;;/h3-4H,2H2,1H3,(H,5,6);1H3;/q;;+1/p-1. The van der Waals surface area contributed by atoms with Gasteiger partial charge in [0.1, 0.15) is 0 Å². The van der Waals surface area contributed by atoms with Crippen molar-refractivity contribution in [3.63, 3.8) is 0 Å². The van der Waals surface area contributed by atoms with Crippen LogP contribution < -0.4 is 0 Å². The summed E-state index contributed by atoms with van der Waals surface area (Å²) >= 11 is -1.05. The molecule has 1 N–H and O–H groups in total. The first-order chi connectivity index (χ1) is 4.63. The Morgan fingerprint density at radius 2 is 2.20 bits per heavy atom. The van der Waals surface area contributed by atoms with Gasteiger partial charge in [0.2, 0.25) is 0 Å². The van der Waals surface area contributed by atoms with Gasteiger partial charge in [-0.2, -0.15) is 0 Å². The zero-order valence-electron chi connectivity index (χ0n) is 5.81. The van der Waals surface area contributed by atoms with Crippen LogP contribution in [0.2, 0.25) is 4.63 Å². The molecule has 0 aromatic carbocycles. The van der Waals surface area contributed by atoms with Crippen LogP contribution in [0.4, 0.5) is 0 Å². The zero-order valence-corrected chi connectivity index (χ0v) is 10.1. The Bertz CT molecular complexity index is 87.3. The number of aliphatic hydroxyl groups excluding tert-OH is 1. The van der Waals surface area contributed by atoms with Crippen LogP contribution in [0.3, 0.4) is 0 Å². The van der Waals surface area contributed by atoms with Gasteiger partial charge in [0, 0.05) is 0 Å². The summed E-state index contributed by atoms with van der Waals surface area (Å²) in [4.78, 5) is 0. The van der Waals surface area contributed by atoms with Crippen LogP contribution in [0.5, 0.6) is 0 Å². The van der Waals surface area contributed by atoms with Gasteiger partial charge in [-0.1, -0.05) is 0 Å². The molecular formula is C4H10BiO4S. The summed E-state index contributed by atoms with van der Waals surface area (Å²) < 4.78 is 25.2. The molecule has 2 atom stereocenters. The molecule has 0 heterocycles. The third kappa shape index (κ3) is 16.0. The summed E-state index contributed by atoms with van der Waals surface area (Å²) in [6.07, 6.45) is -0.729. The van der Waals surface area contributed by atoms with Crippen molar-refractivity contribution in [3.8, 4) is 0 Å².